The van der Waals surface area contributed by atoms with E-state index in [1.807, 2.05) is 0 Å². The van der Waals surface area contributed by atoms with Gasteiger partial charge in [-0.15, -0.1) is 0 Å². The van der Waals surface area contributed by atoms with Gasteiger partial charge in [0, 0.05) is 6.20 Å². The second-order valence-electron chi connectivity index (χ2n) is 3.31. The minimum atomic E-state index is -1.14. The summed E-state index contributed by atoms with van der Waals surface area (Å²) in [6.45, 7) is 3.10. The molecule has 0 saturated heterocycles. The highest BCUT2D eigenvalue weighted by Crippen LogP contribution is 2.22. The van der Waals surface area contributed by atoms with Gasteiger partial charge in [-0.25, -0.2) is 0 Å². The molecule has 1 heterocycles. The van der Waals surface area contributed by atoms with Gasteiger partial charge in [-0.2, -0.15) is 0 Å². The number of aromatic nitrogens is 1. The number of pyridine rings is 1. The van der Waals surface area contributed by atoms with Crippen molar-refractivity contribution in [1.82, 2.24) is 4.98 Å². The van der Waals surface area contributed by atoms with Crippen LogP contribution < -0.4 is 0 Å². The molecule has 0 aliphatic heterocycles. The molecule has 0 aliphatic rings. The summed E-state index contributed by atoms with van der Waals surface area (Å²) in [7, 11) is 0. The van der Waals surface area contributed by atoms with E-state index in [0.29, 0.717) is 5.69 Å². The van der Waals surface area contributed by atoms with Gasteiger partial charge in [0.15, 0.2) is 0 Å². The zero-order valence-electron chi connectivity index (χ0n) is 7.23. The van der Waals surface area contributed by atoms with Gasteiger partial charge in [0.25, 0.3) is 0 Å². The quantitative estimate of drug-likeness (QED) is 0.687. The fourth-order valence-electron chi connectivity index (χ4n) is 0.900. The molecule has 1 unspecified atom stereocenters. The van der Waals surface area contributed by atoms with Gasteiger partial charge in [-0.1, -0.05) is 6.07 Å². The summed E-state index contributed by atoms with van der Waals surface area (Å²) in [6, 6.07) is 5.22. The maximum absolute atomic E-state index is 9.54. The zero-order chi connectivity index (χ0) is 9.19. The summed E-state index contributed by atoms with van der Waals surface area (Å²) >= 11 is 0. The van der Waals surface area contributed by atoms with Crippen LogP contribution in [0.3, 0.4) is 0 Å². The Morgan fingerprint density at radius 3 is 2.50 bits per heavy atom. The molecule has 12 heavy (non-hydrogen) atoms. The SMILES string of the molecule is CC(C)(O)C(O)c1ccccn1. The van der Waals surface area contributed by atoms with E-state index in [1.165, 1.54) is 0 Å². The van der Waals surface area contributed by atoms with Crippen molar-refractivity contribution in [2.45, 2.75) is 25.6 Å². The first-order valence-electron chi connectivity index (χ1n) is 3.83. The van der Waals surface area contributed by atoms with Crippen molar-refractivity contribution in [2.24, 2.45) is 0 Å². The van der Waals surface area contributed by atoms with Crippen LogP contribution >= 0.6 is 0 Å². The Labute approximate surface area is 71.7 Å². The van der Waals surface area contributed by atoms with Crippen LogP contribution in [0.1, 0.15) is 25.6 Å². The average Bonchev–Trinajstić information content (AvgIpc) is 2.03. The molecule has 0 amide bonds. The minimum absolute atomic E-state index is 0.491. The number of nitrogens with zero attached hydrogens (tertiary/aromatic N) is 1. The van der Waals surface area contributed by atoms with Gasteiger partial charge < -0.3 is 10.2 Å². The lowest BCUT2D eigenvalue weighted by molar-refractivity contribution is -0.0517. The van der Waals surface area contributed by atoms with Crippen molar-refractivity contribution in [3.05, 3.63) is 30.1 Å². The van der Waals surface area contributed by atoms with Crippen molar-refractivity contribution in [2.75, 3.05) is 0 Å². The smallest absolute Gasteiger partial charge is 0.124 e. The molecular weight excluding hydrogens is 154 g/mol. The molecule has 3 nitrogen and oxygen atoms in total. The molecular formula is C9H13NO2. The third-order valence-corrected chi connectivity index (χ3v) is 1.64. The molecule has 66 valence electrons. The number of aliphatic hydroxyl groups is 2. The predicted octanol–water partition coefficient (Wildman–Crippen LogP) is 0.886. The maximum Gasteiger partial charge on any atom is 0.124 e. The van der Waals surface area contributed by atoms with E-state index in [2.05, 4.69) is 4.98 Å². The van der Waals surface area contributed by atoms with E-state index in [9.17, 15) is 10.2 Å². The van der Waals surface area contributed by atoms with Crippen molar-refractivity contribution in [3.63, 3.8) is 0 Å². The van der Waals surface area contributed by atoms with E-state index >= 15 is 0 Å². The van der Waals surface area contributed by atoms with E-state index < -0.39 is 11.7 Å². The standard InChI is InChI=1S/C9H13NO2/c1-9(2,12)8(11)7-5-3-4-6-10-7/h3-6,8,11-12H,1-2H3. The third-order valence-electron chi connectivity index (χ3n) is 1.64. The summed E-state index contributed by atoms with van der Waals surface area (Å²) < 4.78 is 0. The van der Waals surface area contributed by atoms with Crippen LogP contribution in [0.2, 0.25) is 0 Å². The normalized spacial score (nSPS) is 14.3. The molecule has 2 N–H and O–H groups in total. The lowest BCUT2D eigenvalue weighted by Crippen LogP contribution is -2.29. The van der Waals surface area contributed by atoms with Crippen molar-refractivity contribution in [3.8, 4) is 0 Å². The summed E-state index contributed by atoms with van der Waals surface area (Å²) in [5.74, 6) is 0. The third kappa shape index (κ3) is 2.03. The van der Waals surface area contributed by atoms with E-state index in [0.717, 1.165) is 0 Å². The fraction of sp³-hybridized carbons (Fsp3) is 0.444. The molecule has 1 aromatic heterocycles. The molecule has 1 rings (SSSR count). The topological polar surface area (TPSA) is 53.4 Å². The summed E-state index contributed by atoms with van der Waals surface area (Å²) in [6.07, 6.45) is 0.656. The molecule has 0 radical (unpaired) electrons. The number of aliphatic hydroxyl groups excluding tert-OH is 1. The Morgan fingerprint density at radius 1 is 1.42 bits per heavy atom. The highest BCUT2D eigenvalue weighted by atomic mass is 16.3. The van der Waals surface area contributed by atoms with Crippen LogP contribution in [-0.4, -0.2) is 20.8 Å². The van der Waals surface area contributed by atoms with Gasteiger partial charge in [-0.05, 0) is 26.0 Å². The first kappa shape index (κ1) is 9.16. The Morgan fingerprint density at radius 2 is 2.08 bits per heavy atom. The number of rotatable bonds is 2. The average molecular weight is 167 g/mol. The summed E-state index contributed by atoms with van der Waals surface area (Å²) in [5.41, 5.74) is -0.654. The van der Waals surface area contributed by atoms with Crippen LogP contribution in [0.15, 0.2) is 24.4 Å². The number of hydrogen-bond acceptors (Lipinski definition) is 3. The van der Waals surface area contributed by atoms with E-state index in [4.69, 9.17) is 0 Å². The van der Waals surface area contributed by atoms with Crippen molar-refractivity contribution < 1.29 is 10.2 Å². The lowest BCUT2D eigenvalue weighted by atomic mass is 9.99. The predicted molar refractivity (Wildman–Crippen MR) is 45.5 cm³/mol. The number of hydrogen-bond donors (Lipinski definition) is 2. The van der Waals surface area contributed by atoms with Crippen LogP contribution in [0.25, 0.3) is 0 Å². The molecule has 0 aliphatic carbocycles. The minimum Gasteiger partial charge on any atom is -0.387 e. The first-order chi connectivity index (χ1) is 5.52. The molecule has 0 saturated carbocycles. The fourth-order valence-corrected chi connectivity index (χ4v) is 0.900. The molecule has 0 bridgehead atoms. The summed E-state index contributed by atoms with van der Waals surface area (Å²) in [4.78, 5) is 3.94. The van der Waals surface area contributed by atoms with Crippen LogP contribution in [0.4, 0.5) is 0 Å². The van der Waals surface area contributed by atoms with Gasteiger partial charge in [0.2, 0.25) is 0 Å². The second-order valence-corrected chi connectivity index (χ2v) is 3.31. The highest BCUT2D eigenvalue weighted by molar-refractivity contribution is 5.09. The van der Waals surface area contributed by atoms with Crippen LogP contribution in [-0.2, 0) is 0 Å². The molecule has 0 fully saturated rings. The van der Waals surface area contributed by atoms with Gasteiger partial charge in [0.1, 0.15) is 6.10 Å². The van der Waals surface area contributed by atoms with E-state index in [1.54, 1.807) is 38.2 Å². The van der Waals surface area contributed by atoms with Crippen LogP contribution in [0.5, 0.6) is 0 Å². The monoisotopic (exact) mass is 167 g/mol. The molecule has 0 aromatic carbocycles. The summed E-state index contributed by atoms with van der Waals surface area (Å²) in [5, 5.41) is 19.0. The Balaban J connectivity index is 2.86. The lowest BCUT2D eigenvalue weighted by Gasteiger charge is -2.23. The van der Waals surface area contributed by atoms with E-state index in [-0.39, 0.29) is 0 Å². The molecule has 3 heteroatoms. The Hall–Kier alpha value is -0.930. The second kappa shape index (κ2) is 3.21. The van der Waals surface area contributed by atoms with Crippen LogP contribution in [0, 0.1) is 0 Å². The largest absolute Gasteiger partial charge is 0.387 e. The molecule has 1 atom stereocenters. The van der Waals surface area contributed by atoms with Crippen molar-refractivity contribution in [1.29, 1.82) is 0 Å². The van der Waals surface area contributed by atoms with Gasteiger partial charge in [0.05, 0.1) is 11.3 Å². The zero-order valence-corrected chi connectivity index (χ0v) is 7.23. The Bertz CT molecular complexity index is 240. The van der Waals surface area contributed by atoms with Gasteiger partial charge >= 0.3 is 0 Å². The van der Waals surface area contributed by atoms with Crippen molar-refractivity contribution >= 4 is 0 Å². The first-order valence-corrected chi connectivity index (χ1v) is 3.83. The molecule has 1 aromatic rings. The highest BCUT2D eigenvalue weighted by Gasteiger charge is 2.26. The Kier molecular flexibility index (Phi) is 2.45. The van der Waals surface area contributed by atoms with Gasteiger partial charge in [-0.3, -0.25) is 4.98 Å². The molecule has 0 spiro atoms. The maximum atomic E-state index is 9.54.